The molecule has 0 saturated carbocycles. The van der Waals surface area contributed by atoms with Crippen molar-refractivity contribution in [2.45, 2.75) is 90.8 Å². The molecule has 2 unspecified atom stereocenters. The third-order valence-corrected chi connectivity index (χ3v) is 10.6. The number of carbonyl (C=O) groups excluding carboxylic acids is 2. The van der Waals surface area contributed by atoms with Crippen LogP contribution < -0.4 is 10.6 Å². The van der Waals surface area contributed by atoms with Crippen LogP contribution in [0.15, 0.2) is 0 Å². The molecule has 6 N–H and O–H groups in total. The van der Waals surface area contributed by atoms with Crippen LogP contribution in [0.2, 0.25) is 12.1 Å². The zero-order chi connectivity index (χ0) is 30.0. The molecule has 0 aliphatic heterocycles. The van der Waals surface area contributed by atoms with Crippen molar-refractivity contribution in [3.05, 3.63) is 0 Å². The van der Waals surface area contributed by atoms with Crippen LogP contribution in [-0.4, -0.2) is 101 Å². The molecule has 0 radical (unpaired) electrons. The van der Waals surface area contributed by atoms with E-state index in [1.807, 2.05) is 6.92 Å². The zero-order valence-corrected chi connectivity index (χ0v) is 26.8. The predicted octanol–water partition coefficient (Wildman–Crippen LogP) is 1.17. The van der Waals surface area contributed by atoms with E-state index in [4.69, 9.17) is 13.9 Å². The Kier molecular flexibility index (Phi) is 19.5. The van der Waals surface area contributed by atoms with Gasteiger partial charge in [0.1, 0.15) is 0 Å². The first-order valence-electron chi connectivity index (χ1n) is 14.1. The Morgan fingerprint density at radius 2 is 1.18 bits per heavy atom. The van der Waals surface area contributed by atoms with E-state index in [1.54, 1.807) is 0 Å². The molecule has 0 saturated heterocycles. The summed E-state index contributed by atoms with van der Waals surface area (Å²) in [5.41, 5.74) is -0.613. The van der Waals surface area contributed by atoms with Crippen molar-refractivity contribution < 1.29 is 47.1 Å². The minimum Gasteiger partial charge on any atom is -0.390 e. The van der Waals surface area contributed by atoms with Crippen LogP contribution in [-0.2, 0) is 27.9 Å². The maximum Gasteiger partial charge on any atom is 0.495 e. The first-order chi connectivity index (χ1) is 18.2. The quantitative estimate of drug-likeness (QED) is 0.0699. The molecule has 14 heteroatoms. The lowest BCUT2D eigenvalue weighted by molar-refractivity contribution is -0.123. The standard InChI is InChI=1S/C25H54N2O10Si2/c1-7-21(3)25(5,22(4)8-2)37-39(32,33)20-10-14-27-24(29)12-16-36-18-17-35-15-11-23(28)26-13-9-19-38(30,31)34-6/h21-22,30-33H,7-20H2,1-6H3,(H,26,28)(H,27,29). The van der Waals surface area contributed by atoms with Crippen LogP contribution in [0.25, 0.3) is 0 Å². The Morgan fingerprint density at radius 3 is 1.56 bits per heavy atom. The fourth-order valence-corrected chi connectivity index (χ4v) is 6.61. The lowest BCUT2D eigenvalue weighted by Gasteiger charge is -2.43. The summed E-state index contributed by atoms with van der Waals surface area (Å²) in [6.07, 6.45) is 2.93. The Morgan fingerprint density at radius 1 is 0.769 bits per heavy atom. The first kappa shape index (κ1) is 38.1. The Balaban J connectivity index is 3.90. The summed E-state index contributed by atoms with van der Waals surface area (Å²) in [7, 11) is -6.20. The van der Waals surface area contributed by atoms with Gasteiger partial charge in [-0.2, -0.15) is 0 Å². The molecule has 39 heavy (non-hydrogen) atoms. The van der Waals surface area contributed by atoms with E-state index in [2.05, 4.69) is 42.8 Å². The van der Waals surface area contributed by atoms with E-state index >= 15 is 0 Å². The molecular weight excluding hydrogens is 544 g/mol. The second-order valence-electron chi connectivity index (χ2n) is 10.2. The monoisotopic (exact) mass is 598 g/mol. The van der Waals surface area contributed by atoms with E-state index in [-0.39, 0.29) is 75.0 Å². The van der Waals surface area contributed by atoms with Gasteiger partial charge in [0, 0.05) is 45.1 Å². The molecule has 0 bridgehead atoms. The fourth-order valence-electron chi connectivity index (χ4n) is 3.92. The summed E-state index contributed by atoms with van der Waals surface area (Å²) in [6.45, 7) is 11.9. The number of ether oxygens (including phenoxy) is 2. The van der Waals surface area contributed by atoms with E-state index in [1.165, 1.54) is 7.11 Å². The topological polar surface area (TPSA) is 176 Å². The molecule has 0 aromatic carbocycles. The van der Waals surface area contributed by atoms with Gasteiger partial charge in [-0.15, -0.1) is 0 Å². The van der Waals surface area contributed by atoms with Gasteiger partial charge in [0.15, 0.2) is 0 Å². The maximum absolute atomic E-state index is 12.0. The van der Waals surface area contributed by atoms with Gasteiger partial charge in [0.2, 0.25) is 11.8 Å². The molecule has 0 fully saturated rings. The fraction of sp³-hybridized carbons (Fsp3) is 0.920. The third kappa shape index (κ3) is 17.5. The van der Waals surface area contributed by atoms with Crippen LogP contribution in [0.4, 0.5) is 0 Å². The average Bonchev–Trinajstić information content (AvgIpc) is 2.89. The van der Waals surface area contributed by atoms with Crippen LogP contribution in [0.3, 0.4) is 0 Å². The van der Waals surface area contributed by atoms with Gasteiger partial charge < -0.3 is 48.1 Å². The number of hydrogen-bond acceptors (Lipinski definition) is 10. The SMILES string of the molecule is CCC(C)C(C)(O[Si](O)(O)CCCNC(=O)CCOCCOCCC(=O)NCCC[Si](O)(O)OC)C(C)CC. The number of carbonyl (C=O) groups is 2. The molecule has 0 aliphatic rings. The van der Waals surface area contributed by atoms with Crippen molar-refractivity contribution >= 4 is 29.4 Å². The molecule has 0 heterocycles. The van der Waals surface area contributed by atoms with E-state index in [0.29, 0.717) is 25.9 Å². The minimum atomic E-state index is -3.88. The van der Waals surface area contributed by atoms with E-state index in [0.717, 1.165) is 12.8 Å². The van der Waals surface area contributed by atoms with Gasteiger partial charge in [-0.05, 0) is 31.6 Å². The van der Waals surface area contributed by atoms with Crippen LogP contribution in [0.5, 0.6) is 0 Å². The molecule has 0 rings (SSSR count). The average molecular weight is 599 g/mol. The molecule has 0 aromatic rings. The molecule has 0 spiro atoms. The first-order valence-corrected chi connectivity index (χ1v) is 18.1. The van der Waals surface area contributed by atoms with Gasteiger partial charge in [0.05, 0.1) is 32.0 Å². The highest BCUT2D eigenvalue weighted by Crippen LogP contribution is 2.36. The van der Waals surface area contributed by atoms with Gasteiger partial charge in [-0.1, -0.05) is 40.5 Å². The number of rotatable bonds is 24. The van der Waals surface area contributed by atoms with Crippen molar-refractivity contribution in [2.75, 3.05) is 46.6 Å². The van der Waals surface area contributed by atoms with Crippen molar-refractivity contribution in [3.63, 3.8) is 0 Å². The van der Waals surface area contributed by atoms with Crippen LogP contribution in [0.1, 0.15) is 73.1 Å². The minimum absolute atomic E-state index is 0.114. The molecule has 0 aromatic heterocycles. The summed E-state index contributed by atoms with van der Waals surface area (Å²) >= 11 is 0. The smallest absolute Gasteiger partial charge is 0.390 e. The van der Waals surface area contributed by atoms with E-state index < -0.39 is 23.2 Å². The van der Waals surface area contributed by atoms with Crippen molar-refractivity contribution in [1.29, 1.82) is 0 Å². The second kappa shape index (κ2) is 20.0. The van der Waals surface area contributed by atoms with Gasteiger partial charge in [-0.25, -0.2) is 0 Å². The highest BCUT2D eigenvalue weighted by atomic mass is 28.4. The summed E-state index contributed by atoms with van der Waals surface area (Å²) in [6, 6.07) is 0.234. The van der Waals surface area contributed by atoms with Crippen LogP contribution in [0, 0.1) is 11.8 Å². The highest BCUT2D eigenvalue weighted by Gasteiger charge is 2.45. The Hall–Kier alpha value is -0.946. The molecule has 232 valence electrons. The molecule has 12 nitrogen and oxygen atoms in total. The summed E-state index contributed by atoms with van der Waals surface area (Å²) in [4.78, 5) is 63.7. The third-order valence-electron chi connectivity index (χ3n) is 7.21. The van der Waals surface area contributed by atoms with Crippen molar-refractivity contribution in [2.24, 2.45) is 11.8 Å². The second-order valence-corrected chi connectivity index (χ2v) is 14.8. The molecular formula is C25H54N2O10Si2. The number of amides is 2. The largest absolute Gasteiger partial charge is 0.495 e. The van der Waals surface area contributed by atoms with Crippen LogP contribution >= 0.6 is 0 Å². The Bertz CT molecular complexity index is 675. The normalized spacial score (nSPS) is 15.4. The molecule has 2 amide bonds. The summed E-state index contributed by atoms with van der Waals surface area (Å²) < 4.78 is 21.3. The lowest BCUT2D eigenvalue weighted by Crippen LogP contribution is -2.53. The van der Waals surface area contributed by atoms with E-state index in [9.17, 15) is 28.8 Å². The van der Waals surface area contributed by atoms with Gasteiger partial charge in [-0.3, -0.25) is 9.59 Å². The summed E-state index contributed by atoms with van der Waals surface area (Å²) in [5.74, 6) is -0.0203. The van der Waals surface area contributed by atoms with Gasteiger partial charge >= 0.3 is 17.6 Å². The lowest BCUT2D eigenvalue weighted by atomic mass is 9.78. The van der Waals surface area contributed by atoms with Crippen molar-refractivity contribution in [3.8, 4) is 0 Å². The number of nitrogens with one attached hydrogen (secondary N) is 2. The highest BCUT2D eigenvalue weighted by molar-refractivity contribution is 6.58. The Labute approximate surface area is 236 Å². The van der Waals surface area contributed by atoms with Gasteiger partial charge in [0.25, 0.3) is 0 Å². The summed E-state index contributed by atoms with van der Waals surface area (Å²) in [5, 5.41) is 5.43. The molecule has 0 aliphatic carbocycles. The zero-order valence-electron chi connectivity index (χ0n) is 24.8. The maximum atomic E-state index is 12.0. The van der Waals surface area contributed by atoms with Crippen molar-refractivity contribution in [1.82, 2.24) is 10.6 Å². The predicted molar refractivity (Wildman–Crippen MR) is 152 cm³/mol. The number of hydrogen-bond donors (Lipinski definition) is 6. The molecule has 2 atom stereocenters.